The van der Waals surface area contributed by atoms with E-state index in [0.29, 0.717) is 23.8 Å². The molecule has 0 aliphatic carbocycles. The number of aromatic nitrogens is 1. The number of anilines is 1. The van der Waals surface area contributed by atoms with Crippen molar-refractivity contribution in [2.45, 2.75) is 5.03 Å². The van der Waals surface area contributed by atoms with Crippen molar-refractivity contribution >= 4 is 23.4 Å². The van der Waals surface area contributed by atoms with Gasteiger partial charge in [0.05, 0.1) is 17.9 Å². The van der Waals surface area contributed by atoms with Crippen molar-refractivity contribution in [3.8, 4) is 5.75 Å². The van der Waals surface area contributed by atoms with Crippen molar-refractivity contribution in [1.29, 1.82) is 0 Å². The number of hydrogen-bond acceptors (Lipinski definition) is 5. The fraction of sp³-hybridized carbons (Fsp3) is 0.143. The molecule has 3 N–H and O–H groups in total. The second kappa shape index (κ2) is 6.81. The van der Waals surface area contributed by atoms with Crippen LogP contribution in [-0.2, 0) is 0 Å². The summed E-state index contributed by atoms with van der Waals surface area (Å²) in [6.07, 6.45) is 1.69. The predicted octanol–water partition coefficient (Wildman–Crippen LogP) is 2.53. The lowest BCUT2D eigenvalue weighted by Gasteiger charge is -2.07. The van der Waals surface area contributed by atoms with E-state index in [9.17, 15) is 4.79 Å². The third-order valence-corrected chi connectivity index (χ3v) is 3.46. The van der Waals surface area contributed by atoms with Gasteiger partial charge in [-0.25, -0.2) is 9.78 Å². The summed E-state index contributed by atoms with van der Waals surface area (Å²) in [5, 5.41) is 9.65. The SMILES string of the molecule is Nc1cccnc1SCCOc1cccc(C(=O)O)c1. The van der Waals surface area contributed by atoms with Gasteiger partial charge in [-0.2, -0.15) is 0 Å². The van der Waals surface area contributed by atoms with Gasteiger partial charge in [-0.05, 0) is 30.3 Å². The predicted molar refractivity (Wildman–Crippen MR) is 78.3 cm³/mol. The maximum Gasteiger partial charge on any atom is 0.335 e. The zero-order valence-electron chi connectivity index (χ0n) is 10.7. The molecule has 20 heavy (non-hydrogen) atoms. The highest BCUT2D eigenvalue weighted by molar-refractivity contribution is 7.99. The minimum absolute atomic E-state index is 0.212. The van der Waals surface area contributed by atoms with Gasteiger partial charge in [0.25, 0.3) is 0 Å². The molecule has 104 valence electrons. The average molecular weight is 290 g/mol. The summed E-state index contributed by atoms with van der Waals surface area (Å²) in [6.45, 7) is 0.448. The second-order valence-electron chi connectivity index (χ2n) is 3.93. The van der Waals surface area contributed by atoms with Crippen LogP contribution in [0.5, 0.6) is 5.75 Å². The summed E-state index contributed by atoms with van der Waals surface area (Å²) in [7, 11) is 0. The first-order valence-corrected chi connectivity index (χ1v) is 6.95. The molecule has 1 aromatic carbocycles. The van der Waals surface area contributed by atoms with E-state index in [1.54, 1.807) is 30.5 Å². The highest BCUT2D eigenvalue weighted by atomic mass is 32.2. The molecular formula is C14H14N2O3S. The summed E-state index contributed by atoms with van der Waals surface area (Å²) in [5.74, 6) is 0.254. The van der Waals surface area contributed by atoms with E-state index in [1.807, 2.05) is 0 Å². The number of aromatic carboxylic acids is 1. The highest BCUT2D eigenvalue weighted by Crippen LogP contribution is 2.21. The third-order valence-electron chi connectivity index (χ3n) is 2.47. The summed E-state index contributed by atoms with van der Waals surface area (Å²) in [4.78, 5) is 15.0. The number of nitrogens with zero attached hydrogens (tertiary/aromatic N) is 1. The maximum absolute atomic E-state index is 10.8. The number of carbonyl (C=O) groups is 1. The lowest BCUT2D eigenvalue weighted by molar-refractivity contribution is 0.0696. The van der Waals surface area contributed by atoms with Crippen LogP contribution in [0.1, 0.15) is 10.4 Å². The Kier molecular flexibility index (Phi) is 4.84. The number of nitrogens with two attached hydrogens (primary N) is 1. The Morgan fingerprint density at radius 3 is 2.95 bits per heavy atom. The van der Waals surface area contributed by atoms with Gasteiger partial charge >= 0.3 is 5.97 Å². The Balaban J connectivity index is 1.83. The molecule has 0 saturated carbocycles. The minimum Gasteiger partial charge on any atom is -0.493 e. The van der Waals surface area contributed by atoms with E-state index in [2.05, 4.69) is 4.98 Å². The number of benzene rings is 1. The second-order valence-corrected chi connectivity index (χ2v) is 5.01. The molecule has 1 aromatic heterocycles. The maximum atomic E-state index is 10.8. The van der Waals surface area contributed by atoms with Crippen molar-refractivity contribution in [2.75, 3.05) is 18.1 Å². The largest absolute Gasteiger partial charge is 0.493 e. The molecular weight excluding hydrogens is 276 g/mol. The summed E-state index contributed by atoms with van der Waals surface area (Å²) >= 11 is 1.50. The minimum atomic E-state index is -0.967. The number of hydrogen-bond donors (Lipinski definition) is 2. The van der Waals surface area contributed by atoms with Crippen LogP contribution in [0.25, 0.3) is 0 Å². The number of rotatable bonds is 6. The molecule has 2 rings (SSSR count). The molecule has 0 bridgehead atoms. The highest BCUT2D eigenvalue weighted by Gasteiger charge is 2.04. The number of carboxylic acid groups (broad SMARTS) is 1. The fourth-order valence-electron chi connectivity index (χ4n) is 1.54. The Morgan fingerprint density at radius 1 is 1.35 bits per heavy atom. The van der Waals surface area contributed by atoms with Gasteiger partial charge in [-0.15, -0.1) is 11.8 Å². The molecule has 0 amide bonds. The molecule has 0 fully saturated rings. The van der Waals surface area contributed by atoms with Gasteiger partial charge in [-0.1, -0.05) is 6.07 Å². The monoisotopic (exact) mass is 290 g/mol. The van der Waals surface area contributed by atoms with Crippen LogP contribution >= 0.6 is 11.8 Å². The normalized spacial score (nSPS) is 10.2. The molecule has 0 unspecified atom stereocenters. The van der Waals surface area contributed by atoms with Crippen molar-refractivity contribution < 1.29 is 14.6 Å². The van der Waals surface area contributed by atoms with E-state index in [4.69, 9.17) is 15.6 Å². The van der Waals surface area contributed by atoms with Crippen LogP contribution in [0.3, 0.4) is 0 Å². The Morgan fingerprint density at radius 2 is 2.20 bits per heavy atom. The zero-order chi connectivity index (χ0) is 14.4. The molecule has 0 aliphatic heterocycles. The molecule has 1 heterocycles. The van der Waals surface area contributed by atoms with Gasteiger partial charge in [0.1, 0.15) is 10.8 Å². The third kappa shape index (κ3) is 3.89. The Hall–Kier alpha value is -2.21. The van der Waals surface area contributed by atoms with Gasteiger partial charge in [0.15, 0.2) is 0 Å². The summed E-state index contributed by atoms with van der Waals surface area (Å²) < 4.78 is 5.51. The molecule has 0 atom stereocenters. The number of carboxylic acids is 1. The number of thioether (sulfide) groups is 1. The first-order chi connectivity index (χ1) is 9.66. The lowest BCUT2D eigenvalue weighted by Crippen LogP contribution is -2.03. The smallest absolute Gasteiger partial charge is 0.335 e. The molecule has 0 radical (unpaired) electrons. The van der Waals surface area contributed by atoms with Gasteiger partial charge < -0.3 is 15.6 Å². The van der Waals surface area contributed by atoms with E-state index in [-0.39, 0.29) is 5.56 Å². The molecule has 6 heteroatoms. The van der Waals surface area contributed by atoms with Crippen molar-refractivity contribution in [1.82, 2.24) is 4.98 Å². The number of pyridine rings is 1. The van der Waals surface area contributed by atoms with E-state index in [0.717, 1.165) is 5.03 Å². The molecule has 0 aliphatic rings. The van der Waals surface area contributed by atoms with E-state index < -0.39 is 5.97 Å². The molecule has 2 aromatic rings. The van der Waals surface area contributed by atoms with Crippen LogP contribution in [-0.4, -0.2) is 28.4 Å². The number of nitrogen functional groups attached to an aromatic ring is 1. The molecule has 0 spiro atoms. The summed E-state index contributed by atoms with van der Waals surface area (Å²) in [5.41, 5.74) is 6.63. The van der Waals surface area contributed by atoms with Crippen molar-refractivity contribution in [3.63, 3.8) is 0 Å². The van der Waals surface area contributed by atoms with E-state index >= 15 is 0 Å². The van der Waals surface area contributed by atoms with Crippen LogP contribution in [0.4, 0.5) is 5.69 Å². The zero-order valence-corrected chi connectivity index (χ0v) is 11.5. The fourth-order valence-corrected chi connectivity index (χ4v) is 2.27. The van der Waals surface area contributed by atoms with Crippen LogP contribution < -0.4 is 10.5 Å². The first kappa shape index (κ1) is 14.2. The van der Waals surface area contributed by atoms with Crippen LogP contribution in [0.15, 0.2) is 47.6 Å². The number of ether oxygens (including phenoxy) is 1. The first-order valence-electron chi connectivity index (χ1n) is 5.96. The summed E-state index contributed by atoms with van der Waals surface area (Å²) in [6, 6.07) is 10.00. The quantitative estimate of drug-likeness (QED) is 0.628. The topological polar surface area (TPSA) is 85.4 Å². The lowest BCUT2D eigenvalue weighted by atomic mass is 10.2. The Labute approximate surface area is 120 Å². The van der Waals surface area contributed by atoms with Gasteiger partial charge in [0, 0.05) is 11.9 Å². The van der Waals surface area contributed by atoms with Crippen molar-refractivity contribution in [3.05, 3.63) is 48.2 Å². The van der Waals surface area contributed by atoms with Crippen LogP contribution in [0.2, 0.25) is 0 Å². The van der Waals surface area contributed by atoms with Crippen molar-refractivity contribution in [2.24, 2.45) is 0 Å². The van der Waals surface area contributed by atoms with E-state index in [1.165, 1.54) is 23.9 Å². The van der Waals surface area contributed by atoms with Crippen LogP contribution in [0, 0.1) is 0 Å². The average Bonchev–Trinajstić information content (AvgIpc) is 2.45. The Bertz CT molecular complexity index is 604. The molecule has 5 nitrogen and oxygen atoms in total. The standard InChI is InChI=1S/C14H14N2O3S/c15-12-5-2-6-16-13(12)20-8-7-19-11-4-1-3-10(9-11)14(17)18/h1-6,9H,7-8,15H2,(H,17,18). The van der Waals surface area contributed by atoms with Gasteiger partial charge in [-0.3, -0.25) is 0 Å². The molecule has 0 saturated heterocycles. The van der Waals surface area contributed by atoms with Gasteiger partial charge in [0.2, 0.25) is 0 Å².